The third kappa shape index (κ3) is 3.01. The summed E-state index contributed by atoms with van der Waals surface area (Å²) in [6.45, 7) is 4.26. The van der Waals surface area contributed by atoms with Gasteiger partial charge in [-0.2, -0.15) is 0 Å². The molecule has 0 atom stereocenters. The van der Waals surface area contributed by atoms with Gasteiger partial charge in [-0.3, -0.25) is 0 Å². The van der Waals surface area contributed by atoms with Gasteiger partial charge in [-0.05, 0) is 37.1 Å². The first-order chi connectivity index (χ1) is 8.81. The Morgan fingerprint density at radius 1 is 1.00 bits per heavy atom. The summed E-state index contributed by atoms with van der Waals surface area (Å²) in [5.41, 5.74) is 2.41. The molecule has 0 aliphatic heterocycles. The van der Waals surface area contributed by atoms with E-state index in [1.165, 1.54) is 5.57 Å². The smallest absolute Gasteiger partial charge is 0.134 e. The lowest BCUT2D eigenvalue weighted by Crippen LogP contribution is -1.89. The Morgan fingerprint density at radius 2 is 1.67 bits per heavy atom. The van der Waals surface area contributed by atoms with Gasteiger partial charge in [0.25, 0.3) is 0 Å². The second-order valence-corrected chi connectivity index (χ2v) is 4.21. The predicted molar refractivity (Wildman–Crippen MR) is 76.9 cm³/mol. The SMILES string of the molecule is CC/C=C(/C)c1ccccc1Oc1ccccc1. The highest BCUT2D eigenvalue weighted by molar-refractivity contribution is 5.69. The molecule has 0 fully saturated rings. The molecule has 0 aliphatic carbocycles. The molecule has 0 bridgehead atoms. The zero-order chi connectivity index (χ0) is 12.8. The fourth-order valence-electron chi connectivity index (χ4n) is 1.91. The maximum atomic E-state index is 5.94. The van der Waals surface area contributed by atoms with Crippen LogP contribution in [-0.2, 0) is 0 Å². The molecule has 2 aromatic rings. The van der Waals surface area contributed by atoms with Crippen LogP contribution >= 0.6 is 0 Å². The maximum Gasteiger partial charge on any atom is 0.134 e. The summed E-state index contributed by atoms with van der Waals surface area (Å²) >= 11 is 0. The highest BCUT2D eigenvalue weighted by atomic mass is 16.5. The largest absolute Gasteiger partial charge is 0.457 e. The molecule has 0 unspecified atom stereocenters. The third-order valence-corrected chi connectivity index (χ3v) is 2.79. The first-order valence-corrected chi connectivity index (χ1v) is 6.30. The Labute approximate surface area is 109 Å². The molecule has 2 aromatic carbocycles. The number of hydrogen-bond donors (Lipinski definition) is 0. The van der Waals surface area contributed by atoms with Gasteiger partial charge in [0.2, 0.25) is 0 Å². The van der Waals surface area contributed by atoms with E-state index in [9.17, 15) is 0 Å². The lowest BCUT2D eigenvalue weighted by molar-refractivity contribution is 0.481. The van der Waals surface area contributed by atoms with Crippen LogP contribution in [0.2, 0.25) is 0 Å². The van der Waals surface area contributed by atoms with Crippen molar-refractivity contribution in [1.29, 1.82) is 0 Å². The summed E-state index contributed by atoms with van der Waals surface area (Å²) in [6.07, 6.45) is 3.25. The molecule has 0 N–H and O–H groups in total. The minimum atomic E-state index is 0.870. The van der Waals surface area contributed by atoms with Gasteiger partial charge in [0.15, 0.2) is 0 Å². The molecule has 0 heterocycles. The molecule has 1 nitrogen and oxygen atoms in total. The quantitative estimate of drug-likeness (QED) is 0.703. The molecule has 0 saturated carbocycles. The van der Waals surface area contributed by atoms with E-state index in [0.29, 0.717) is 0 Å². The Kier molecular flexibility index (Phi) is 4.19. The van der Waals surface area contributed by atoms with Gasteiger partial charge in [0.05, 0.1) is 0 Å². The van der Waals surface area contributed by atoms with Crippen molar-refractivity contribution in [2.75, 3.05) is 0 Å². The molecule has 92 valence electrons. The van der Waals surface area contributed by atoms with Gasteiger partial charge in [-0.1, -0.05) is 49.4 Å². The van der Waals surface area contributed by atoms with Crippen molar-refractivity contribution >= 4 is 5.57 Å². The van der Waals surface area contributed by atoms with E-state index >= 15 is 0 Å². The van der Waals surface area contributed by atoms with Crippen LogP contribution in [0.4, 0.5) is 0 Å². The zero-order valence-corrected chi connectivity index (χ0v) is 10.9. The van der Waals surface area contributed by atoms with Gasteiger partial charge in [-0.15, -0.1) is 0 Å². The third-order valence-electron chi connectivity index (χ3n) is 2.79. The fourth-order valence-corrected chi connectivity index (χ4v) is 1.91. The maximum absolute atomic E-state index is 5.94. The minimum absolute atomic E-state index is 0.870. The molecule has 0 aliphatic rings. The van der Waals surface area contributed by atoms with Crippen LogP contribution < -0.4 is 4.74 Å². The van der Waals surface area contributed by atoms with E-state index in [1.54, 1.807) is 0 Å². The lowest BCUT2D eigenvalue weighted by atomic mass is 10.1. The van der Waals surface area contributed by atoms with Crippen molar-refractivity contribution in [2.24, 2.45) is 0 Å². The summed E-state index contributed by atoms with van der Waals surface area (Å²) in [7, 11) is 0. The minimum Gasteiger partial charge on any atom is -0.457 e. The second-order valence-electron chi connectivity index (χ2n) is 4.21. The summed E-state index contributed by atoms with van der Waals surface area (Å²) in [6, 6.07) is 18.0. The molecule has 0 saturated heterocycles. The Hall–Kier alpha value is -2.02. The van der Waals surface area contributed by atoms with Crippen molar-refractivity contribution in [1.82, 2.24) is 0 Å². The van der Waals surface area contributed by atoms with Crippen LogP contribution in [0, 0.1) is 0 Å². The molecule has 1 heteroatoms. The zero-order valence-electron chi connectivity index (χ0n) is 10.9. The van der Waals surface area contributed by atoms with E-state index in [4.69, 9.17) is 4.74 Å². The summed E-state index contributed by atoms with van der Waals surface area (Å²) in [5.74, 6) is 1.78. The van der Waals surface area contributed by atoms with E-state index in [1.807, 2.05) is 48.5 Å². The summed E-state index contributed by atoms with van der Waals surface area (Å²) < 4.78 is 5.94. The van der Waals surface area contributed by atoms with Crippen LogP contribution in [0.15, 0.2) is 60.7 Å². The molecular weight excluding hydrogens is 220 g/mol. The Bertz CT molecular complexity index is 526. The van der Waals surface area contributed by atoms with Crippen LogP contribution in [0.5, 0.6) is 11.5 Å². The summed E-state index contributed by atoms with van der Waals surface area (Å²) in [5, 5.41) is 0. The topological polar surface area (TPSA) is 9.23 Å². The van der Waals surface area contributed by atoms with Gasteiger partial charge in [0, 0.05) is 5.56 Å². The average molecular weight is 238 g/mol. The Balaban J connectivity index is 2.31. The second kappa shape index (κ2) is 6.06. The number of rotatable bonds is 4. The monoisotopic (exact) mass is 238 g/mol. The van der Waals surface area contributed by atoms with Crippen molar-refractivity contribution in [3.8, 4) is 11.5 Å². The van der Waals surface area contributed by atoms with Crippen LogP contribution in [0.1, 0.15) is 25.8 Å². The van der Waals surface area contributed by atoms with E-state index in [-0.39, 0.29) is 0 Å². The van der Waals surface area contributed by atoms with Crippen molar-refractivity contribution < 1.29 is 4.74 Å². The molecule has 0 radical (unpaired) electrons. The number of benzene rings is 2. The summed E-state index contributed by atoms with van der Waals surface area (Å²) in [4.78, 5) is 0. The Morgan fingerprint density at radius 3 is 2.39 bits per heavy atom. The number of hydrogen-bond acceptors (Lipinski definition) is 1. The van der Waals surface area contributed by atoms with Crippen LogP contribution in [-0.4, -0.2) is 0 Å². The fraction of sp³-hybridized carbons (Fsp3) is 0.176. The van der Waals surface area contributed by atoms with E-state index in [2.05, 4.69) is 26.0 Å². The molecule has 0 spiro atoms. The van der Waals surface area contributed by atoms with Crippen molar-refractivity contribution in [3.05, 3.63) is 66.2 Å². The predicted octanol–water partition coefficient (Wildman–Crippen LogP) is 5.29. The lowest BCUT2D eigenvalue weighted by Gasteiger charge is -2.11. The molecule has 0 amide bonds. The molecule has 18 heavy (non-hydrogen) atoms. The van der Waals surface area contributed by atoms with Gasteiger partial charge in [0.1, 0.15) is 11.5 Å². The average Bonchev–Trinajstić information content (AvgIpc) is 2.41. The standard InChI is InChI=1S/C17H18O/c1-3-9-14(2)16-12-7-8-13-17(16)18-15-10-5-4-6-11-15/h4-13H,3H2,1-2H3/b14-9-. The van der Waals surface area contributed by atoms with Crippen LogP contribution in [0.25, 0.3) is 5.57 Å². The van der Waals surface area contributed by atoms with Crippen LogP contribution in [0.3, 0.4) is 0 Å². The highest BCUT2D eigenvalue weighted by Crippen LogP contribution is 2.29. The first-order valence-electron chi connectivity index (χ1n) is 6.30. The van der Waals surface area contributed by atoms with E-state index in [0.717, 1.165) is 23.5 Å². The molecule has 2 rings (SSSR count). The highest BCUT2D eigenvalue weighted by Gasteiger charge is 2.05. The van der Waals surface area contributed by atoms with E-state index < -0.39 is 0 Å². The van der Waals surface area contributed by atoms with Crippen molar-refractivity contribution in [2.45, 2.75) is 20.3 Å². The number of ether oxygens (including phenoxy) is 1. The number of allylic oxidation sites excluding steroid dienone is 2. The number of para-hydroxylation sites is 2. The van der Waals surface area contributed by atoms with Gasteiger partial charge < -0.3 is 4.74 Å². The van der Waals surface area contributed by atoms with Gasteiger partial charge >= 0.3 is 0 Å². The first kappa shape index (κ1) is 12.4. The van der Waals surface area contributed by atoms with Gasteiger partial charge in [-0.25, -0.2) is 0 Å². The van der Waals surface area contributed by atoms with Crippen molar-refractivity contribution in [3.63, 3.8) is 0 Å². The normalized spacial score (nSPS) is 11.3. The molecular formula is C17H18O. The molecule has 0 aromatic heterocycles.